The van der Waals surface area contributed by atoms with Crippen LogP contribution in [-0.4, -0.2) is 58.5 Å². The van der Waals surface area contributed by atoms with Crippen molar-refractivity contribution >= 4 is 34.5 Å². The standard InChI is InChI=1S/C23H28N4O4/c1-23(2,22(24)31)17(10-13-11-25-18-7-5-4-6-14(13)18)21(30)27-9-8-15-16(12-27)20(29)26(3)19(15)28/h4-7,11,15-17,25H,8-10,12H2,1-3H3,(H2,24,31)/t15?,16?,17-/m0/s1. The third-order valence-corrected chi connectivity index (χ3v) is 7.12. The number of primary amides is 1. The maximum atomic E-state index is 13.7. The van der Waals surface area contributed by atoms with Crippen LogP contribution in [0.15, 0.2) is 30.5 Å². The summed E-state index contributed by atoms with van der Waals surface area (Å²) in [6.07, 6.45) is 2.65. The molecule has 1 aromatic carbocycles. The average molecular weight is 425 g/mol. The van der Waals surface area contributed by atoms with Gasteiger partial charge in [-0.05, 0) is 24.5 Å². The van der Waals surface area contributed by atoms with E-state index in [0.717, 1.165) is 16.5 Å². The van der Waals surface area contributed by atoms with Crippen LogP contribution in [0.2, 0.25) is 0 Å². The van der Waals surface area contributed by atoms with Crippen LogP contribution in [0.4, 0.5) is 0 Å². The Kier molecular flexibility index (Phi) is 5.11. The van der Waals surface area contributed by atoms with Gasteiger partial charge in [-0.1, -0.05) is 32.0 Å². The maximum Gasteiger partial charge on any atom is 0.234 e. The van der Waals surface area contributed by atoms with Gasteiger partial charge in [-0.2, -0.15) is 0 Å². The minimum Gasteiger partial charge on any atom is -0.369 e. The Labute approximate surface area is 180 Å². The number of carbonyl (C=O) groups excluding carboxylic acids is 4. The molecule has 3 atom stereocenters. The van der Waals surface area contributed by atoms with E-state index >= 15 is 0 Å². The van der Waals surface area contributed by atoms with E-state index in [9.17, 15) is 19.2 Å². The fourth-order valence-electron chi connectivity index (χ4n) is 4.87. The van der Waals surface area contributed by atoms with Crippen LogP contribution in [0, 0.1) is 23.2 Å². The van der Waals surface area contributed by atoms with E-state index < -0.39 is 23.2 Å². The summed E-state index contributed by atoms with van der Waals surface area (Å²) in [6, 6.07) is 7.79. The fourth-order valence-corrected chi connectivity index (χ4v) is 4.87. The number of likely N-dealkylation sites (tertiary alicyclic amines) is 2. The Bertz CT molecular complexity index is 1070. The first kappa shape index (κ1) is 21.1. The lowest BCUT2D eigenvalue weighted by molar-refractivity contribution is -0.148. The van der Waals surface area contributed by atoms with Gasteiger partial charge in [0, 0.05) is 37.2 Å². The van der Waals surface area contributed by atoms with Crippen molar-refractivity contribution in [1.82, 2.24) is 14.8 Å². The number of para-hydroxylation sites is 1. The molecule has 0 bridgehead atoms. The number of piperidine rings is 1. The molecule has 1 aromatic heterocycles. The molecule has 2 saturated heterocycles. The maximum absolute atomic E-state index is 13.7. The molecule has 0 radical (unpaired) electrons. The van der Waals surface area contributed by atoms with E-state index in [2.05, 4.69) is 4.98 Å². The number of hydrogen-bond donors (Lipinski definition) is 2. The van der Waals surface area contributed by atoms with Crippen LogP contribution in [0.5, 0.6) is 0 Å². The van der Waals surface area contributed by atoms with Crippen LogP contribution < -0.4 is 5.73 Å². The molecule has 4 rings (SSSR count). The first-order chi connectivity index (χ1) is 14.6. The summed E-state index contributed by atoms with van der Waals surface area (Å²) >= 11 is 0. The molecular weight excluding hydrogens is 396 g/mol. The lowest BCUT2D eigenvalue weighted by Crippen LogP contribution is -2.52. The minimum atomic E-state index is -1.08. The predicted octanol–water partition coefficient (Wildman–Crippen LogP) is 1.30. The summed E-state index contributed by atoms with van der Waals surface area (Å²) in [7, 11) is 1.49. The minimum absolute atomic E-state index is 0.171. The fraction of sp³-hybridized carbons (Fsp3) is 0.478. The van der Waals surface area contributed by atoms with E-state index in [1.807, 2.05) is 30.5 Å². The Hall–Kier alpha value is -3.16. The van der Waals surface area contributed by atoms with Crippen molar-refractivity contribution in [2.24, 2.45) is 28.9 Å². The summed E-state index contributed by atoms with van der Waals surface area (Å²) in [5.74, 6) is -2.73. The molecule has 31 heavy (non-hydrogen) atoms. The zero-order chi connectivity index (χ0) is 22.5. The highest BCUT2D eigenvalue weighted by Crippen LogP contribution is 2.37. The number of nitrogens with zero attached hydrogens (tertiary/aromatic N) is 2. The summed E-state index contributed by atoms with van der Waals surface area (Å²) in [6.45, 7) is 3.96. The van der Waals surface area contributed by atoms with Gasteiger partial charge in [-0.3, -0.25) is 24.1 Å². The van der Waals surface area contributed by atoms with Gasteiger partial charge in [0.2, 0.25) is 23.6 Å². The summed E-state index contributed by atoms with van der Waals surface area (Å²) in [4.78, 5) is 56.7. The molecule has 4 amide bonds. The van der Waals surface area contributed by atoms with Crippen LogP contribution in [0.1, 0.15) is 25.8 Å². The molecule has 3 heterocycles. The molecule has 0 spiro atoms. The Morgan fingerprint density at radius 3 is 2.58 bits per heavy atom. The number of imide groups is 1. The van der Waals surface area contributed by atoms with Crippen molar-refractivity contribution in [2.75, 3.05) is 20.1 Å². The van der Waals surface area contributed by atoms with Gasteiger partial charge in [-0.15, -0.1) is 0 Å². The van der Waals surface area contributed by atoms with Gasteiger partial charge < -0.3 is 15.6 Å². The molecule has 8 nitrogen and oxygen atoms in total. The molecular formula is C23H28N4O4. The molecule has 2 unspecified atom stereocenters. The van der Waals surface area contributed by atoms with Gasteiger partial charge in [0.15, 0.2) is 0 Å². The van der Waals surface area contributed by atoms with Crippen molar-refractivity contribution in [3.8, 4) is 0 Å². The van der Waals surface area contributed by atoms with Crippen LogP contribution in [0.25, 0.3) is 10.9 Å². The topological polar surface area (TPSA) is 117 Å². The van der Waals surface area contributed by atoms with Crippen molar-refractivity contribution in [1.29, 1.82) is 0 Å². The number of nitrogens with one attached hydrogen (secondary N) is 1. The monoisotopic (exact) mass is 424 g/mol. The number of rotatable bonds is 5. The molecule has 2 aromatic rings. The van der Waals surface area contributed by atoms with Crippen LogP contribution in [-0.2, 0) is 25.6 Å². The Morgan fingerprint density at radius 2 is 1.87 bits per heavy atom. The predicted molar refractivity (Wildman–Crippen MR) is 114 cm³/mol. The number of amides is 4. The second-order valence-corrected chi connectivity index (χ2v) is 9.22. The van der Waals surface area contributed by atoms with Crippen molar-refractivity contribution in [3.05, 3.63) is 36.0 Å². The van der Waals surface area contributed by atoms with E-state index in [-0.39, 0.29) is 30.2 Å². The van der Waals surface area contributed by atoms with E-state index in [1.54, 1.807) is 18.7 Å². The highest BCUT2D eigenvalue weighted by atomic mass is 16.2. The summed E-state index contributed by atoms with van der Waals surface area (Å²) in [5.41, 5.74) is 6.51. The van der Waals surface area contributed by atoms with Gasteiger partial charge in [0.05, 0.1) is 23.2 Å². The number of nitrogens with two attached hydrogens (primary N) is 1. The highest BCUT2D eigenvalue weighted by Gasteiger charge is 2.51. The number of carbonyl (C=O) groups is 4. The van der Waals surface area contributed by atoms with E-state index in [0.29, 0.717) is 19.4 Å². The highest BCUT2D eigenvalue weighted by molar-refractivity contribution is 6.05. The Morgan fingerprint density at radius 1 is 1.19 bits per heavy atom. The quantitative estimate of drug-likeness (QED) is 0.704. The first-order valence-corrected chi connectivity index (χ1v) is 10.6. The molecule has 0 aliphatic carbocycles. The molecule has 2 aliphatic rings. The third kappa shape index (κ3) is 3.40. The van der Waals surface area contributed by atoms with E-state index in [4.69, 9.17) is 5.73 Å². The summed E-state index contributed by atoms with van der Waals surface area (Å²) < 4.78 is 0. The number of hydrogen-bond acceptors (Lipinski definition) is 4. The van der Waals surface area contributed by atoms with Gasteiger partial charge >= 0.3 is 0 Å². The smallest absolute Gasteiger partial charge is 0.234 e. The second-order valence-electron chi connectivity index (χ2n) is 9.22. The zero-order valence-corrected chi connectivity index (χ0v) is 18.1. The number of benzene rings is 1. The third-order valence-electron chi connectivity index (χ3n) is 7.12. The number of fused-ring (bicyclic) bond motifs is 2. The first-order valence-electron chi connectivity index (χ1n) is 10.6. The molecule has 3 N–H and O–H groups in total. The van der Waals surface area contributed by atoms with Crippen LogP contribution >= 0.6 is 0 Å². The van der Waals surface area contributed by atoms with Crippen LogP contribution in [0.3, 0.4) is 0 Å². The van der Waals surface area contributed by atoms with E-state index in [1.165, 1.54) is 11.9 Å². The van der Waals surface area contributed by atoms with Gasteiger partial charge in [-0.25, -0.2) is 0 Å². The largest absolute Gasteiger partial charge is 0.369 e. The molecule has 2 aliphatic heterocycles. The molecule has 164 valence electrons. The van der Waals surface area contributed by atoms with Gasteiger partial charge in [0.25, 0.3) is 0 Å². The van der Waals surface area contributed by atoms with Crippen molar-refractivity contribution in [3.63, 3.8) is 0 Å². The SMILES string of the molecule is CN1C(=O)C2CCN(C(=O)[C@H](Cc3c[nH]c4ccccc34)C(C)(C)C(N)=O)CC2C1=O. The molecule has 2 fully saturated rings. The average Bonchev–Trinajstić information content (AvgIpc) is 3.26. The zero-order valence-electron chi connectivity index (χ0n) is 18.1. The number of H-pyrrole nitrogens is 1. The molecule has 0 saturated carbocycles. The molecule has 8 heteroatoms. The number of aromatic nitrogens is 1. The second kappa shape index (κ2) is 7.51. The number of aromatic amines is 1. The normalized spacial score (nSPS) is 22.7. The lowest BCUT2D eigenvalue weighted by Gasteiger charge is -2.38. The van der Waals surface area contributed by atoms with Crippen molar-refractivity contribution < 1.29 is 19.2 Å². The van der Waals surface area contributed by atoms with Crippen molar-refractivity contribution in [2.45, 2.75) is 26.7 Å². The van der Waals surface area contributed by atoms with Gasteiger partial charge in [0.1, 0.15) is 0 Å². The summed E-state index contributed by atoms with van der Waals surface area (Å²) in [5, 5.41) is 0.998. The Balaban J connectivity index is 1.63. The lowest BCUT2D eigenvalue weighted by atomic mass is 9.73.